The predicted octanol–water partition coefficient (Wildman–Crippen LogP) is 2.97. The van der Waals surface area contributed by atoms with Crippen LogP contribution in [-0.2, 0) is 4.79 Å². The summed E-state index contributed by atoms with van der Waals surface area (Å²) in [6.07, 6.45) is 3.54. The first-order valence-electron chi connectivity index (χ1n) is 5.98. The Morgan fingerprint density at radius 1 is 1.28 bits per heavy atom. The third-order valence-corrected chi connectivity index (χ3v) is 2.15. The van der Waals surface area contributed by atoms with Crippen molar-refractivity contribution in [3.8, 4) is 11.5 Å². The van der Waals surface area contributed by atoms with Gasteiger partial charge < -0.3 is 14.6 Å². The summed E-state index contributed by atoms with van der Waals surface area (Å²) >= 11 is 0. The molecule has 0 aliphatic heterocycles. The molecular weight excluding hydrogens is 232 g/mol. The molecule has 1 aromatic rings. The van der Waals surface area contributed by atoms with Gasteiger partial charge >= 0.3 is 5.97 Å². The maximum Gasteiger partial charge on any atom is 0.328 e. The number of ether oxygens (including phenoxy) is 2. The minimum atomic E-state index is -0.973. The van der Waals surface area contributed by atoms with Crippen LogP contribution in [0.5, 0.6) is 11.5 Å². The van der Waals surface area contributed by atoms with E-state index in [0.717, 1.165) is 18.1 Å². The first kappa shape index (κ1) is 14.1. The smallest absolute Gasteiger partial charge is 0.328 e. The minimum absolute atomic E-state index is 0.536. The van der Waals surface area contributed by atoms with Crippen LogP contribution in [0.25, 0.3) is 6.08 Å². The number of carboxylic acid groups (broad SMARTS) is 1. The fourth-order valence-corrected chi connectivity index (χ4v) is 1.40. The number of rotatable bonds is 7. The molecule has 0 fully saturated rings. The third kappa shape index (κ3) is 4.49. The van der Waals surface area contributed by atoms with Gasteiger partial charge in [-0.05, 0) is 37.1 Å². The van der Waals surface area contributed by atoms with Crippen LogP contribution < -0.4 is 9.47 Å². The lowest BCUT2D eigenvalue weighted by Crippen LogP contribution is -2.00. The van der Waals surface area contributed by atoms with Gasteiger partial charge in [-0.2, -0.15) is 0 Å². The van der Waals surface area contributed by atoms with E-state index < -0.39 is 5.97 Å². The zero-order valence-corrected chi connectivity index (χ0v) is 10.7. The quantitative estimate of drug-likeness (QED) is 0.756. The molecule has 0 atom stereocenters. The molecule has 4 heteroatoms. The van der Waals surface area contributed by atoms with Crippen LogP contribution in [0.15, 0.2) is 24.3 Å². The first-order chi connectivity index (χ1) is 8.67. The number of hydrogen-bond donors (Lipinski definition) is 1. The second kappa shape index (κ2) is 7.37. The highest BCUT2D eigenvalue weighted by molar-refractivity contribution is 5.85. The summed E-state index contributed by atoms with van der Waals surface area (Å²) in [4.78, 5) is 10.4. The second-order valence-electron chi connectivity index (χ2n) is 3.66. The molecule has 0 unspecified atom stereocenters. The molecular formula is C14H18O4. The Morgan fingerprint density at radius 3 is 2.67 bits per heavy atom. The monoisotopic (exact) mass is 250 g/mol. The van der Waals surface area contributed by atoms with Gasteiger partial charge in [-0.3, -0.25) is 0 Å². The van der Waals surface area contributed by atoms with Gasteiger partial charge in [0.1, 0.15) is 0 Å². The molecule has 18 heavy (non-hydrogen) atoms. The van der Waals surface area contributed by atoms with Gasteiger partial charge in [-0.1, -0.05) is 13.0 Å². The van der Waals surface area contributed by atoms with Gasteiger partial charge in [0.2, 0.25) is 0 Å². The summed E-state index contributed by atoms with van der Waals surface area (Å²) in [5, 5.41) is 8.58. The van der Waals surface area contributed by atoms with Gasteiger partial charge in [0.25, 0.3) is 0 Å². The summed E-state index contributed by atoms with van der Waals surface area (Å²) in [6, 6.07) is 5.36. The maximum atomic E-state index is 10.4. The van der Waals surface area contributed by atoms with Crippen molar-refractivity contribution >= 4 is 12.0 Å². The van der Waals surface area contributed by atoms with Gasteiger partial charge in [-0.25, -0.2) is 4.79 Å². The Balaban J connectivity index is 2.91. The highest BCUT2D eigenvalue weighted by Crippen LogP contribution is 2.29. The molecule has 0 heterocycles. The van der Waals surface area contributed by atoms with Gasteiger partial charge in [-0.15, -0.1) is 0 Å². The topological polar surface area (TPSA) is 55.8 Å². The molecule has 0 amide bonds. The van der Waals surface area contributed by atoms with E-state index in [1.165, 1.54) is 6.08 Å². The van der Waals surface area contributed by atoms with Crippen LogP contribution in [0.3, 0.4) is 0 Å². The predicted molar refractivity (Wildman–Crippen MR) is 70.1 cm³/mol. The number of hydrogen-bond acceptors (Lipinski definition) is 3. The molecule has 0 saturated carbocycles. The van der Waals surface area contributed by atoms with Crippen LogP contribution in [0, 0.1) is 0 Å². The van der Waals surface area contributed by atoms with Crippen molar-refractivity contribution in [2.75, 3.05) is 13.2 Å². The molecule has 4 nitrogen and oxygen atoms in total. The van der Waals surface area contributed by atoms with Crippen molar-refractivity contribution in [3.63, 3.8) is 0 Å². The molecule has 0 aliphatic rings. The van der Waals surface area contributed by atoms with Crippen LogP contribution in [-0.4, -0.2) is 24.3 Å². The van der Waals surface area contributed by atoms with E-state index in [1.807, 2.05) is 13.8 Å². The summed E-state index contributed by atoms with van der Waals surface area (Å²) < 4.78 is 11.0. The zero-order valence-electron chi connectivity index (χ0n) is 10.7. The van der Waals surface area contributed by atoms with Crippen LogP contribution in [0.2, 0.25) is 0 Å². The van der Waals surface area contributed by atoms with E-state index in [9.17, 15) is 4.79 Å². The number of benzene rings is 1. The fourth-order valence-electron chi connectivity index (χ4n) is 1.40. The zero-order chi connectivity index (χ0) is 13.4. The largest absolute Gasteiger partial charge is 0.490 e. The molecule has 1 rings (SSSR count). The molecule has 98 valence electrons. The normalized spacial score (nSPS) is 10.6. The molecule has 1 aromatic carbocycles. The van der Waals surface area contributed by atoms with Crippen molar-refractivity contribution in [2.45, 2.75) is 20.3 Å². The van der Waals surface area contributed by atoms with E-state index in [2.05, 4.69) is 0 Å². The third-order valence-electron chi connectivity index (χ3n) is 2.15. The lowest BCUT2D eigenvalue weighted by Gasteiger charge is -2.11. The van der Waals surface area contributed by atoms with Crippen LogP contribution in [0.1, 0.15) is 25.8 Å². The fraction of sp³-hybridized carbons (Fsp3) is 0.357. The molecule has 0 aromatic heterocycles. The Kier molecular flexibility index (Phi) is 5.77. The second-order valence-corrected chi connectivity index (χ2v) is 3.66. The van der Waals surface area contributed by atoms with E-state index in [-0.39, 0.29) is 0 Å². The van der Waals surface area contributed by atoms with E-state index in [1.54, 1.807) is 18.2 Å². The van der Waals surface area contributed by atoms with E-state index in [4.69, 9.17) is 14.6 Å². The van der Waals surface area contributed by atoms with Crippen LogP contribution >= 0.6 is 0 Å². The Hall–Kier alpha value is -1.97. The van der Waals surface area contributed by atoms with Crippen LogP contribution in [0.4, 0.5) is 0 Å². The Labute approximate surface area is 107 Å². The van der Waals surface area contributed by atoms with Gasteiger partial charge in [0, 0.05) is 6.08 Å². The maximum absolute atomic E-state index is 10.4. The van der Waals surface area contributed by atoms with E-state index >= 15 is 0 Å². The summed E-state index contributed by atoms with van der Waals surface area (Å²) in [5.74, 6) is 0.351. The molecule has 0 bridgehead atoms. The highest BCUT2D eigenvalue weighted by Gasteiger charge is 2.05. The average molecular weight is 250 g/mol. The molecule has 0 spiro atoms. The Bertz CT molecular complexity index is 424. The molecule has 1 N–H and O–H groups in total. The summed E-state index contributed by atoms with van der Waals surface area (Å²) in [5.41, 5.74) is 0.768. The number of carboxylic acids is 1. The van der Waals surface area contributed by atoms with Crippen molar-refractivity contribution in [1.82, 2.24) is 0 Å². The Morgan fingerprint density at radius 2 is 2.06 bits per heavy atom. The van der Waals surface area contributed by atoms with Gasteiger partial charge in [0.05, 0.1) is 13.2 Å². The number of aliphatic carboxylic acids is 1. The van der Waals surface area contributed by atoms with Crippen molar-refractivity contribution in [1.29, 1.82) is 0 Å². The lowest BCUT2D eigenvalue weighted by atomic mass is 10.2. The van der Waals surface area contributed by atoms with Crippen molar-refractivity contribution in [3.05, 3.63) is 29.8 Å². The first-order valence-corrected chi connectivity index (χ1v) is 5.98. The average Bonchev–Trinajstić information content (AvgIpc) is 2.35. The van der Waals surface area contributed by atoms with Crippen molar-refractivity contribution in [2.24, 2.45) is 0 Å². The summed E-state index contributed by atoms with van der Waals surface area (Å²) in [7, 11) is 0. The minimum Gasteiger partial charge on any atom is -0.490 e. The SMILES string of the molecule is CCCOc1ccc(/C=C\C(=O)O)cc1OCC. The lowest BCUT2D eigenvalue weighted by molar-refractivity contribution is -0.131. The molecule has 0 saturated heterocycles. The molecule has 0 radical (unpaired) electrons. The van der Waals surface area contributed by atoms with Gasteiger partial charge in [0.15, 0.2) is 11.5 Å². The highest BCUT2D eigenvalue weighted by atomic mass is 16.5. The number of carbonyl (C=O) groups is 1. The van der Waals surface area contributed by atoms with E-state index in [0.29, 0.717) is 24.7 Å². The standard InChI is InChI=1S/C14H18O4/c1-3-9-18-12-7-5-11(6-8-14(15)16)10-13(12)17-4-2/h5-8,10H,3-4,9H2,1-2H3,(H,15,16)/b8-6-. The van der Waals surface area contributed by atoms with Crippen molar-refractivity contribution < 1.29 is 19.4 Å². The summed E-state index contributed by atoms with van der Waals surface area (Å²) in [6.45, 7) is 5.09. The molecule has 0 aliphatic carbocycles.